The van der Waals surface area contributed by atoms with Crippen LogP contribution < -0.4 is 11.3 Å². The number of rotatable bonds is 2. The lowest BCUT2D eigenvalue weighted by atomic mass is 10.1. The highest BCUT2D eigenvalue weighted by Crippen LogP contribution is 2.57. The zero-order valence-corrected chi connectivity index (χ0v) is 7.75. The Kier molecular flexibility index (Phi) is 1.92. The van der Waals surface area contributed by atoms with Crippen molar-refractivity contribution in [3.8, 4) is 0 Å². The number of amides is 2. The normalized spacial score (nSPS) is 35.4. The van der Waals surface area contributed by atoms with E-state index >= 15 is 0 Å². The molecule has 2 aliphatic rings. The van der Waals surface area contributed by atoms with Crippen molar-refractivity contribution in [3.63, 3.8) is 0 Å². The molecule has 1 aliphatic heterocycles. The van der Waals surface area contributed by atoms with E-state index in [4.69, 9.17) is 10.6 Å². The van der Waals surface area contributed by atoms with Crippen molar-refractivity contribution in [3.05, 3.63) is 0 Å². The molecule has 0 radical (unpaired) electrons. The second-order valence-corrected chi connectivity index (χ2v) is 4.08. The van der Waals surface area contributed by atoms with E-state index in [1.54, 1.807) is 11.9 Å². The van der Waals surface area contributed by atoms with Crippen LogP contribution in [0.25, 0.3) is 0 Å². The molecule has 0 bridgehead atoms. The number of nitrogens with zero attached hydrogens (tertiary/aromatic N) is 1. The SMILES string of the molecule is CN(CC12COCC1C2)C(=O)NN. The van der Waals surface area contributed by atoms with Crippen molar-refractivity contribution in [2.75, 3.05) is 26.8 Å². The fourth-order valence-corrected chi connectivity index (χ4v) is 2.14. The smallest absolute Gasteiger partial charge is 0.331 e. The summed E-state index contributed by atoms with van der Waals surface area (Å²) in [6.07, 6.45) is 1.19. The highest BCUT2D eigenvalue weighted by molar-refractivity contribution is 5.73. The van der Waals surface area contributed by atoms with Crippen LogP contribution in [-0.2, 0) is 4.74 Å². The molecule has 13 heavy (non-hydrogen) atoms. The third-order valence-corrected chi connectivity index (χ3v) is 3.09. The Labute approximate surface area is 77.2 Å². The molecule has 1 saturated heterocycles. The first-order valence-electron chi connectivity index (χ1n) is 4.47. The van der Waals surface area contributed by atoms with Gasteiger partial charge in [-0.2, -0.15) is 0 Å². The van der Waals surface area contributed by atoms with Crippen LogP contribution in [0.15, 0.2) is 0 Å². The van der Waals surface area contributed by atoms with E-state index in [0.29, 0.717) is 5.92 Å². The first-order chi connectivity index (χ1) is 6.18. The van der Waals surface area contributed by atoms with E-state index in [2.05, 4.69) is 5.43 Å². The molecule has 3 N–H and O–H groups in total. The summed E-state index contributed by atoms with van der Waals surface area (Å²) in [6.45, 7) is 2.40. The first-order valence-corrected chi connectivity index (χ1v) is 4.47. The van der Waals surface area contributed by atoms with Gasteiger partial charge in [0.25, 0.3) is 0 Å². The van der Waals surface area contributed by atoms with Crippen molar-refractivity contribution in [1.82, 2.24) is 10.3 Å². The van der Waals surface area contributed by atoms with Gasteiger partial charge in [-0.3, -0.25) is 5.43 Å². The predicted molar refractivity (Wildman–Crippen MR) is 46.7 cm³/mol. The zero-order chi connectivity index (χ0) is 9.47. The van der Waals surface area contributed by atoms with E-state index in [1.165, 1.54) is 6.42 Å². The lowest BCUT2D eigenvalue weighted by Crippen LogP contribution is -2.44. The quantitative estimate of drug-likeness (QED) is 0.347. The molecule has 2 atom stereocenters. The zero-order valence-electron chi connectivity index (χ0n) is 7.75. The number of nitrogens with two attached hydrogens (primary N) is 1. The number of carbonyl (C=O) groups is 1. The molecule has 5 heteroatoms. The molecule has 5 nitrogen and oxygen atoms in total. The molecule has 1 saturated carbocycles. The topological polar surface area (TPSA) is 67.6 Å². The molecule has 2 rings (SSSR count). The largest absolute Gasteiger partial charge is 0.380 e. The summed E-state index contributed by atoms with van der Waals surface area (Å²) in [4.78, 5) is 12.7. The fourth-order valence-electron chi connectivity index (χ4n) is 2.14. The number of hydrazine groups is 1. The Morgan fingerprint density at radius 2 is 2.62 bits per heavy atom. The molecule has 2 unspecified atom stereocenters. The van der Waals surface area contributed by atoms with Crippen LogP contribution in [0, 0.1) is 11.3 Å². The molecule has 74 valence electrons. The average Bonchev–Trinajstić information content (AvgIpc) is 2.66. The second-order valence-electron chi connectivity index (χ2n) is 4.08. The molecule has 0 aromatic rings. The maximum atomic E-state index is 11.1. The molecule has 1 aliphatic carbocycles. The van der Waals surface area contributed by atoms with Crippen molar-refractivity contribution in [1.29, 1.82) is 0 Å². The number of carbonyl (C=O) groups excluding carboxylic acids is 1. The van der Waals surface area contributed by atoms with Crippen LogP contribution in [0.2, 0.25) is 0 Å². The minimum Gasteiger partial charge on any atom is -0.380 e. The summed E-state index contributed by atoms with van der Waals surface area (Å²) in [7, 11) is 1.75. The molecule has 2 amide bonds. The van der Waals surface area contributed by atoms with Gasteiger partial charge in [-0.05, 0) is 12.3 Å². The second kappa shape index (κ2) is 2.85. The fraction of sp³-hybridized carbons (Fsp3) is 0.875. The number of urea groups is 1. The van der Waals surface area contributed by atoms with Gasteiger partial charge in [0.05, 0.1) is 13.2 Å². The van der Waals surface area contributed by atoms with Crippen molar-refractivity contribution < 1.29 is 9.53 Å². The van der Waals surface area contributed by atoms with E-state index in [9.17, 15) is 4.79 Å². The summed E-state index contributed by atoms with van der Waals surface area (Å²) in [6, 6.07) is -0.230. The van der Waals surface area contributed by atoms with Crippen molar-refractivity contribution >= 4 is 6.03 Å². The van der Waals surface area contributed by atoms with Crippen LogP contribution in [0.5, 0.6) is 0 Å². The minimum absolute atomic E-state index is 0.230. The van der Waals surface area contributed by atoms with Crippen LogP contribution in [0.3, 0.4) is 0 Å². The molecule has 2 fully saturated rings. The lowest BCUT2D eigenvalue weighted by molar-refractivity contribution is 0.134. The van der Waals surface area contributed by atoms with Crippen LogP contribution in [0.4, 0.5) is 4.79 Å². The van der Waals surface area contributed by atoms with Gasteiger partial charge in [-0.15, -0.1) is 0 Å². The molecule has 0 aromatic carbocycles. The van der Waals surface area contributed by atoms with Crippen molar-refractivity contribution in [2.24, 2.45) is 17.2 Å². The van der Waals surface area contributed by atoms with Gasteiger partial charge in [0.1, 0.15) is 0 Å². The molecule has 1 heterocycles. The van der Waals surface area contributed by atoms with Crippen LogP contribution >= 0.6 is 0 Å². The van der Waals surface area contributed by atoms with E-state index in [1.807, 2.05) is 0 Å². The number of hydrogen-bond donors (Lipinski definition) is 2. The van der Waals surface area contributed by atoms with Crippen molar-refractivity contribution in [2.45, 2.75) is 6.42 Å². The number of hydrogen-bond acceptors (Lipinski definition) is 3. The summed E-state index contributed by atoms with van der Waals surface area (Å²) in [5.74, 6) is 5.70. The van der Waals surface area contributed by atoms with Gasteiger partial charge in [-0.25, -0.2) is 10.6 Å². The summed E-state index contributed by atoms with van der Waals surface area (Å²) >= 11 is 0. The van der Waals surface area contributed by atoms with Gasteiger partial charge >= 0.3 is 6.03 Å². The van der Waals surface area contributed by atoms with E-state index in [-0.39, 0.29) is 11.4 Å². The highest BCUT2D eigenvalue weighted by atomic mass is 16.5. The van der Waals surface area contributed by atoms with Gasteiger partial charge in [0.2, 0.25) is 0 Å². The van der Waals surface area contributed by atoms with Gasteiger partial charge in [-0.1, -0.05) is 0 Å². The Morgan fingerprint density at radius 3 is 3.08 bits per heavy atom. The third-order valence-electron chi connectivity index (χ3n) is 3.09. The Hall–Kier alpha value is -0.810. The molecule has 0 aromatic heterocycles. The number of fused-ring (bicyclic) bond motifs is 1. The molecule has 0 spiro atoms. The maximum absolute atomic E-state index is 11.1. The van der Waals surface area contributed by atoms with Crippen LogP contribution in [-0.4, -0.2) is 37.7 Å². The number of nitrogens with one attached hydrogen (secondary N) is 1. The lowest BCUT2D eigenvalue weighted by Gasteiger charge is -2.21. The van der Waals surface area contributed by atoms with Gasteiger partial charge in [0.15, 0.2) is 0 Å². The Bertz CT molecular complexity index is 233. The highest BCUT2D eigenvalue weighted by Gasteiger charge is 2.58. The summed E-state index contributed by atoms with van der Waals surface area (Å²) in [5, 5.41) is 0. The standard InChI is InChI=1S/C8H15N3O2/c1-11(7(12)10-9)4-8-2-6(8)3-13-5-8/h6H,2-5,9H2,1H3,(H,10,12). The average molecular weight is 185 g/mol. The van der Waals surface area contributed by atoms with Gasteiger partial charge in [0, 0.05) is 19.0 Å². The van der Waals surface area contributed by atoms with Gasteiger partial charge < -0.3 is 9.64 Å². The molecular formula is C8H15N3O2. The Balaban J connectivity index is 1.88. The monoisotopic (exact) mass is 185 g/mol. The number of ether oxygens (including phenoxy) is 1. The minimum atomic E-state index is -0.230. The maximum Gasteiger partial charge on any atom is 0.331 e. The Morgan fingerprint density at radius 1 is 1.85 bits per heavy atom. The molecular weight excluding hydrogens is 170 g/mol. The first kappa shape index (κ1) is 8.77. The van der Waals surface area contributed by atoms with Crippen LogP contribution in [0.1, 0.15) is 6.42 Å². The van der Waals surface area contributed by atoms with E-state index in [0.717, 1.165) is 19.8 Å². The summed E-state index contributed by atoms with van der Waals surface area (Å²) < 4.78 is 5.33. The third kappa shape index (κ3) is 1.38. The van der Waals surface area contributed by atoms with E-state index < -0.39 is 0 Å². The predicted octanol–water partition coefficient (Wildman–Crippen LogP) is -0.462. The summed E-state index contributed by atoms with van der Waals surface area (Å²) in [5.41, 5.74) is 2.37.